The molecule has 0 amide bonds. The number of ketones is 2. The standard InChI is InChI=1S/C36H46O2/c1-25(2)11-7-13-27(5)15-9-17-29-19-21-31-33(23-29)36(38)34-24-30(20-22-32(34)35(31)37)18-10-16-28(6)14-8-12-26(3)4/h11-12,15-16,19-24,31,33H,7-10,13-14,17-18H2,1-6H3/b27-15+,28-16+. The Hall–Kier alpha value is -3.00. The molecule has 0 saturated heterocycles. The largest absolute Gasteiger partial charge is 0.293 e. The van der Waals surface area contributed by atoms with E-state index in [0.29, 0.717) is 11.1 Å². The smallest absolute Gasteiger partial charge is 0.171 e. The third-order valence-electron chi connectivity index (χ3n) is 7.55. The van der Waals surface area contributed by atoms with Crippen LogP contribution < -0.4 is 0 Å². The van der Waals surface area contributed by atoms with Gasteiger partial charge in [-0.15, -0.1) is 0 Å². The van der Waals surface area contributed by atoms with Crippen LogP contribution in [0.4, 0.5) is 0 Å². The Bertz CT molecular complexity index is 1200. The molecule has 0 fully saturated rings. The Morgan fingerprint density at radius 1 is 0.684 bits per heavy atom. The number of hydrogen-bond acceptors (Lipinski definition) is 2. The number of carbonyl (C=O) groups excluding carboxylic acids is 2. The molecule has 2 heteroatoms. The number of benzene rings is 1. The second-order valence-electron chi connectivity index (χ2n) is 11.6. The summed E-state index contributed by atoms with van der Waals surface area (Å²) in [7, 11) is 0. The first kappa shape index (κ1) is 29.6. The van der Waals surface area contributed by atoms with Crippen LogP contribution in [-0.2, 0) is 6.42 Å². The Morgan fingerprint density at radius 3 is 1.87 bits per heavy atom. The summed E-state index contributed by atoms with van der Waals surface area (Å²) in [5.74, 6) is -0.564. The SMILES string of the molecule is CC(C)=CCC/C(C)=C/CCC1=CC2C(=O)c3cc(CC/C=C(\C)CCC=C(C)C)ccc3C(=O)C2C=C1. The van der Waals surface area contributed by atoms with Crippen molar-refractivity contribution in [3.05, 3.63) is 105 Å². The molecule has 0 heterocycles. The van der Waals surface area contributed by atoms with Gasteiger partial charge in [0.15, 0.2) is 11.6 Å². The monoisotopic (exact) mass is 510 g/mol. The number of allylic oxidation sites excluding steroid dienone is 12. The van der Waals surface area contributed by atoms with Gasteiger partial charge in [0.05, 0.1) is 11.8 Å². The highest BCUT2D eigenvalue weighted by Gasteiger charge is 2.40. The zero-order valence-electron chi connectivity index (χ0n) is 24.4. The lowest BCUT2D eigenvalue weighted by atomic mass is 9.70. The maximum absolute atomic E-state index is 13.5. The lowest BCUT2D eigenvalue weighted by Crippen LogP contribution is -2.35. The molecule has 0 aromatic heterocycles. The van der Waals surface area contributed by atoms with Gasteiger partial charge in [0.2, 0.25) is 0 Å². The third kappa shape index (κ3) is 8.51. The van der Waals surface area contributed by atoms with Gasteiger partial charge < -0.3 is 0 Å². The maximum Gasteiger partial charge on any atom is 0.171 e. The van der Waals surface area contributed by atoms with Crippen LogP contribution in [0.15, 0.2) is 88.6 Å². The minimum absolute atomic E-state index is 0.0766. The molecule has 1 aromatic rings. The van der Waals surface area contributed by atoms with Crippen molar-refractivity contribution >= 4 is 11.6 Å². The van der Waals surface area contributed by atoms with E-state index >= 15 is 0 Å². The Kier molecular flexibility index (Phi) is 11.1. The van der Waals surface area contributed by atoms with E-state index in [1.54, 1.807) is 0 Å². The summed E-state index contributed by atoms with van der Waals surface area (Å²) < 4.78 is 0. The van der Waals surface area contributed by atoms with Crippen molar-refractivity contribution in [2.45, 2.75) is 92.9 Å². The van der Waals surface area contributed by atoms with Crippen LogP contribution in [0.25, 0.3) is 0 Å². The van der Waals surface area contributed by atoms with Crippen molar-refractivity contribution in [2.75, 3.05) is 0 Å². The van der Waals surface area contributed by atoms with Crippen LogP contribution in [0.5, 0.6) is 0 Å². The van der Waals surface area contributed by atoms with E-state index in [0.717, 1.165) is 62.5 Å². The van der Waals surface area contributed by atoms with Gasteiger partial charge in [0.1, 0.15) is 0 Å². The van der Waals surface area contributed by atoms with Crippen molar-refractivity contribution in [2.24, 2.45) is 11.8 Å². The van der Waals surface area contributed by atoms with E-state index in [9.17, 15) is 9.59 Å². The van der Waals surface area contributed by atoms with Crippen molar-refractivity contribution in [1.29, 1.82) is 0 Å². The molecule has 2 nitrogen and oxygen atoms in total. The number of rotatable bonds is 12. The lowest BCUT2D eigenvalue weighted by molar-refractivity contribution is 0.0800. The summed E-state index contributed by atoms with van der Waals surface area (Å²) in [6, 6.07) is 5.88. The molecule has 2 aliphatic carbocycles. The lowest BCUT2D eigenvalue weighted by Gasteiger charge is -2.30. The van der Waals surface area contributed by atoms with Gasteiger partial charge in [-0.05, 0) is 105 Å². The van der Waals surface area contributed by atoms with E-state index in [2.05, 4.69) is 78.0 Å². The summed E-state index contributed by atoms with van der Waals surface area (Å²) in [6.07, 6.45) is 23.3. The van der Waals surface area contributed by atoms with Crippen LogP contribution in [0.3, 0.4) is 0 Å². The summed E-state index contributed by atoms with van der Waals surface area (Å²) in [6.45, 7) is 12.9. The first-order valence-electron chi connectivity index (χ1n) is 14.3. The number of fused-ring (bicyclic) bond motifs is 2. The molecule has 0 radical (unpaired) electrons. The fourth-order valence-electron chi connectivity index (χ4n) is 5.27. The summed E-state index contributed by atoms with van der Waals surface area (Å²) in [5.41, 5.74) is 9.02. The molecule has 1 aromatic carbocycles. The summed E-state index contributed by atoms with van der Waals surface area (Å²) in [4.78, 5) is 26.8. The van der Waals surface area contributed by atoms with Crippen LogP contribution in [-0.4, -0.2) is 11.6 Å². The van der Waals surface area contributed by atoms with Gasteiger partial charge in [0.25, 0.3) is 0 Å². The highest BCUT2D eigenvalue weighted by molar-refractivity contribution is 6.17. The molecular weight excluding hydrogens is 464 g/mol. The summed E-state index contributed by atoms with van der Waals surface area (Å²) in [5, 5.41) is 0. The molecule has 2 aliphatic rings. The van der Waals surface area contributed by atoms with Gasteiger partial charge >= 0.3 is 0 Å². The fraction of sp³-hybridized carbons (Fsp3) is 0.444. The van der Waals surface area contributed by atoms with E-state index in [-0.39, 0.29) is 23.4 Å². The van der Waals surface area contributed by atoms with Crippen molar-refractivity contribution in [3.63, 3.8) is 0 Å². The second kappa shape index (κ2) is 14.2. The minimum atomic E-state index is -0.370. The predicted molar refractivity (Wildman–Crippen MR) is 162 cm³/mol. The highest BCUT2D eigenvalue weighted by Crippen LogP contribution is 2.36. The minimum Gasteiger partial charge on any atom is -0.293 e. The number of carbonyl (C=O) groups is 2. The van der Waals surface area contributed by atoms with Gasteiger partial charge in [-0.25, -0.2) is 0 Å². The van der Waals surface area contributed by atoms with Crippen molar-refractivity contribution < 1.29 is 9.59 Å². The van der Waals surface area contributed by atoms with Crippen LogP contribution in [0.1, 0.15) is 113 Å². The third-order valence-corrected chi connectivity index (χ3v) is 7.55. The molecule has 38 heavy (non-hydrogen) atoms. The first-order valence-corrected chi connectivity index (χ1v) is 14.3. The second-order valence-corrected chi connectivity index (χ2v) is 11.6. The fourth-order valence-corrected chi connectivity index (χ4v) is 5.27. The number of Topliss-reactive ketones (excluding diaryl/α,β-unsaturated/α-hetero) is 2. The molecule has 0 saturated carbocycles. The van der Waals surface area contributed by atoms with Crippen LogP contribution in [0.2, 0.25) is 0 Å². The Morgan fingerprint density at radius 2 is 1.26 bits per heavy atom. The molecule has 0 aliphatic heterocycles. The zero-order chi connectivity index (χ0) is 27.7. The van der Waals surface area contributed by atoms with E-state index in [1.165, 1.54) is 22.3 Å². The molecule has 202 valence electrons. The van der Waals surface area contributed by atoms with Crippen LogP contribution >= 0.6 is 0 Å². The van der Waals surface area contributed by atoms with E-state index < -0.39 is 0 Å². The molecule has 2 atom stereocenters. The normalized spacial score (nSPS) is 19.1. The molecule has 0 bridgehead atoms. The molecule has 3 rings (SSSR count). The van der Waals surface area contributed by atoms with Gasteiger partial charge in [-0.1, -0.05) is 82.5 Å². The summed E-state index contributed by atoms with van der Waals surface area (Å²) >= 11 is 0. The number of aryl methyl sites for hydroxylation is 1. The Balaban J connectivity index is 1.63. The van der Waals surface area contributed by atoms with E-state index in [1.807, 2.05) is 24.3 Å². The maximum atomic E-state index is 13.5. The van der Waals surface area contributed by atoms with Crippen LogP contribution in [0, 0.1) is 11.8 Å². The van der Waals surface area contributed by atoms with Gasteiger partial charge in [0, 0.05) is 11.1 Å². The van der Waals surface area contributed by atoms with Crippen molar-refractivity contribution in [1.82, 2.24) is 0 Å². The average molecular weight is 511 g/mol. The highest BCUT2D eigenvalue weighted by atomic mass is 16.1. The quantitative estimate of drug-likeness (QED) is 0.262. The Labute approximate surface area is 231 Å². The topological polar surface area (TPSA) is 34.1 Å². The van der Waals surface area contributed by atoms with Crippen molar-refractivity contribution in [3.8, 4) is 0 Å². The number of hydrogen-bond donors (Lipinski definition) is 0. The van der Waals surface area contributed by atoms with Gasteiger partial charge in [-0.2, -0.15) is 0 Å². The molecule has 2 unspecified atom stereocenters. The molecule has 0 N–H and O–H groups in total. The molecule has 0 spiro atoms. The van der Waals surface area contributed by atoms with E-state index in [4.69, 9.17) is 0 Å². The average Bonchev–Trinajstić information content (AvgIpc) is 2.86. The van der Waals surface area contributed by atoms with Gasteiger partial charge in [-0.3, -0.25) is 9.59 Å². The zero-order valence-corrected chi connectivity index (χ0v) is 24.4. The molecular formula is C36H46O2. The first-order chi connectivity index (χ1) is 18.2. The predicted octanol–water partition coefficient (Wildman–Crippen LogP) is 9.89.